The van der Waals surface area contributed by atoms with E-state index in [4.69, 9.17) is 0 Å². The van der Waals surface area contributed by atoms with Crippen molar-refractivity contribution >= 4 is 20.9 Å². The van der Waals surface area contributed by atoms with Crippen LogP contribution in [-0.2, 0) is 16.6 Å². The molecule has 0 bridgehead atoms. The molecule has 0 amide bonds. The molecular formula is C11H19N2NiS2. The molecule has 0 aliphatic carbocycles. The van der Waals surface area contributed by atoms with Gasteiger partial charge in [-0.3, -0.25) is 0 Å². The maximum absolute atomic E-state index is 2.20. The topological polar surface area (TPSA) is 6.48 Å². The number of nitrogens with zero attached hydrogens (tertiary/aromatic N) is 2. The van der Waals surface area contributed by atoms with E-state index in [9.17, 15) is 0 Å². The second-order valence-electron chi connectivity index (χ2n) is 3.57. The van der Waals surface area contributed by atoms with Gasteiger partial charge in [0.1, 0.15) is 0 Å². The second kappa shape index (κ2) is 7.62. The molecule has 0 saturated carbocycles. The molecule has 2 nitrogen and oxygen atoms in total. The van der Waals surface area contributed by atoms with Crippen molar-refractivity contribution in [3.05, 3.63) is 35.9 Å². The Morgan fingerprint density at radius 3 is 1.88 bits per heavy atom. The van der Waals surface area contributed by atoms with Gasteiger partial charge >= 0.3 is 110 Å². The Hall–Kier alpha value is 0.334. The van der Waals surface area contributed by atoms with Crippen LogP contribution in [0.4, 0.5) is 0 Å². The zero-order valence-corrected chi connectivity index (χ0v) is 12.7. The van der Waals surface area contributed by atoms with Crippen LogP contribution in [-0.4, -0.2) is 36.8 Å². The average Bonchev–Trinajstić information content (AvgIpc) is 2.16. The zero-order chi connectivity index (χ0) is 12.0. The summed E-state index contributed by atoms with van der Waals surface area (Å²) in [5.41, 5.74) is 1.42. The van der Waals surface area contributed by atoms with Crippen LogP contribution in [0.1, 0.15) is 5.56 Å². The number of hydrogen-bond donors (Lipinski definition) is 0. The van der Waals surface area contributed by atoms with Crippen LogP contribution in [0.2, 0.25) is 0 Å². The van der Waals surface area contributed by atoms with Gasteiger partial charge in [-0.25, -0.2) is 0 Å². The molecule has 0 aromatic heterocycles. The molecule has 0 N–H and O–H groups in total. The van der Waals surface area contributed by atoms with Gasteiger partial charge in [-0.15, -0.1) is 0 Å². The van der Waals surface area contributed by atoms with Crippen LogP contribution in [0.25, 0.3) is 0 Å². The molecule has 5 heteroatoms. The molecule has 16 heavy (non-hydrogen) atoms. The quantitative estimate of drug-likeness (QED) is 0.588. The summed E-state index contributed by atoms with van der Waals surface area (Å²) in [5, 5.41) is 1.13. The van der Waals surface area contributed by atoms with Crippen LogP contribution in [0.15, 0.2) is 30.3 Å². The molecule has 0 spiro atoms. The standard InChI is InChI=1S/C7H7.2C2H6NS.Ni/c1-7-5-3-2-4-6-7;2*1-3(2)4;/h2-6H,1H2;2*1-2H3;/q;2*-1;+2. The molecule has 0 atom stereocenters. The second-order valence-corrected chi connectivity index (χ2v) is 10.7. The molecule has 0 aliphatic rings. The predicted molar refractivity (Wildman–Crippen MR) is 72.7 cm³/mol. The summed E-state index contributed by atoms with van der Waals surface area (Å²) in [5.74, 6) is 0. The van der Waals surface area contributed by atoms with Gasteiger partial charge in [0.15, 0.2) is 0 Å². The molecule has 0 unspecified atom stereocenters. The van der Waals surface area contributed by atoms with E-state index in [2.05, 4.69) is 67.1 Å². The summed E-state index contributed by atoms with van der Waals surface area (Å²) < 4.78 is 4.38. The summed E-state index contributed by atoms with van der Waals surface area (Å²) in [6, 6.07) is 10.7. The van der Waals surface area contributed by atoms with E-state index in [0.29, 0.717) is 0 Å². The van der Waals surface area contributed by atoms with Gasteiger partial charge in [-0.2, -0.15) is 0 Å². The Bertz CT molecular complexity index is 283. The van der Waals surface area contributed by atoms with Crippen molar-refractivity contribution in [2.45, 2.75) is 5.39 Å². The Labute approximate surface area is 110 Å². The molecule has 1 aromatic carbocycles. The van der Waals surface area contributed by atoms with E-state index in [1.165, 1.54) is 5.56 Å². The van der Waals surface area contributed by atoms with Crippen LogP contribution in [0.5, 0.6) is 0 Å². The van der Waals surface area contributed by atoms with Gasteiger partial charge in [0, 0.05) is 0 Å². The fourth-order valence-electron chi connectivity index (χ4n) is 0.967. The van der Waals surface area contributed by atoms with Crippen molar-refractivity contribution in [1.82, 2.24) is 8.61 Å². The summed E-state index contributed by atoms with van der Waals surface area (Å²) in [4.78, 5) is 0. The Morgan fingerprint density at radius 1 is 0.938 bits per heavy atom. The maximum atomic E-state index is 2.20. The van der Waals surface area contributed by atoms with E-state index in [-0.39, 0.29) is 11.2 Å². The van der Waals surface area contributed by atoms with Gasteiger partial charge in [0.25, 0.3) is 0 Å². The van der Waals surface area contributed by atoms with E-state index < -0.39 is 0 Å². The normalized spacial score (nSPS) is 12.2. The minimum absolute atomic E-state index is 0.107. The first-order chi connectivity index (χ1) is 7.58. The Kier molecular flexibility index (Phi) is 6.85. The van der Waals surface area contributed by atoms with Gasteiger partial charge < -0.3 is 0 Å². The third-order valence-corrected chi connectivity index (χ3v) is 8.12. The average molecular weight is 302 g/mol. The molecule has 1 aromatic rings. The molecule has 0 saturated heterocycles. The number of hydrogen-bond acceptors (Lipinski definition) is 4. The molecule has 0 aliphatic heterocycles. The first-order valence-corrected chi connectivity index (χ1v) is 9.26. The van der Waals surface area contributed by atoms with Crippen LogP contribution < -0.4 is 0 Å². The Balaban J connectivity index is 2.56. The van der Waals surface area contributed by atoms with E-state index in [1.54, 1.807) is 0 Å². The summed E-state index contributed by atoms with van der Waals surface area (Å²) in [6.07, 6.45) is 0. The van der Waals surface area contributed by atoms with Crippen molar-refractivity contribution in [2.75, 3.05) is 28.2 Å². The van der Waals surface area contributed by atoms with Crippen LogP contribution in [0.3, 0.4) is 0 Å². The third-order valence-electron chi connectivity index (χ3n) is 1.42. The molecule has 0 heterocycles. The van der Waals surface area contributed by atoms with Gasteiger partial charge in [-0.05, 0) is 0 Å². The SMILES string of the molecule is CN(C)[S][Ni]([CH2]c1ccccc1)[S]N(C)C. The van der Waals surface area contributed by atoms with Gasteiger partial charge in [0.2, 0.25) is 0 Å². The molecule has 0 radical (unpaired) electrons. The summed E-state index contributed by atoms with van der Waals surface area (Å²) in [7, 11) is 12.3. The van der Waals surface area contributed by atoms with E-state index in [1.807, 2.05) is 20.9 Å². The fourth-order valence-corrected chi connectivity index (χ4v) is 8.50. The molecule has 0 fully saturated rings. The first-order valence-electron chi connectivity index (χ1n) is 4.90. The van der Waals surface area contributed by atoms with Crippen molar-refractivity contribution < 1.29 is 11.2 Å². The van der Waals surface area contributed by atoms with E-state index >= 15 is 0 Å². The van der Waals surface area contributed by atoms with Gasteiger partial charge in [-0.1, -0.05) is 0 Å². The van der Waals surface area contributed by atoms with Crippen molar-refractivity contribution in [3.8, 4) is 0 Å². The fraction of sp³-hybridized carbons (Fsp3) is 0.455. The van der Waals surface area contributed by atoms with Crippen LogP contribution in [0, 0.1) is 0 Å². The molecule has 1 rings (SSSR count). The molecular weight excluding hydrogens is 283 g/mol. The number of rotatable bonds is 6. The molecule has 95 valence electrons. The van der Waals surface area contributed by atoms with Crippen molar-refractivity contribution in [3.63, 3.8) is 0 Å². The van der Waals surface area contributed by atoms with Gasteiger partial charge in [0.05, 0.1) is 0 Å². The monoisotopic (exact) mass is 301 g/mol. The first kappa shape index (κ1) is 14.4. The summed E-state index contributed by atoms with van der Waals surface area (Å²) >= 11 is 0.107. The zero-order valence-electron chi connectivity index (χ0n) is 10.1. The Morgan fingerprint density at radius 2 is 1.44 bits per heavy atom. The van der Waals surface area contributed by atoms with Crippen LogP contribution >= 0.6 is 20.9 Å². The number of benzene rings is 1. The van der Waals surface area contributed by atoms with Crippen molar-refractivity contribution in [1.29, 1.82) is 0 Å². The third kappa shape index (κ3) is 6.16. The minimum atomic E-state index is 0.107. The van der Waals surface area contributed by atoms with E-state index in [0.717, 1.165) is 5.39 Å². The predicted octanol–water partition coefficient (Wildman–Crippen LogP) is 3.05. The van der Waals surface area contributed by atoms with Crippen molar-refractivity contribution in [2.24, 2.45) is 0 Å². The summed E-state index contributed by atoms with van der Waals surface area (Å²) in [6.45, 7) is 0.